The molecule has 1 fully saturated rings. The molecule has 1 aromatic heterocycles. The summed E-state index contributed by atoms with van der Waals surface area (Å²) < 4.78 is 11.2. The van der Waals surface area contributed by atoms with Crippen molar-refractivity contribution in [3.8, 4) is 22.8 Å². The van der Waals surface area contributed by atoms with Gasteiger partial charge >= 0.3 is 0 Å². The molecule has 132 valence electrons. The average molecular weight is 359 g/mol. The van der Waals surface area contributed by atoms with Crippen molar-refractivity contribution in [2.75, 3.05) is 25.1 Å². The fraction of sp³-hybridized carbons (Fsp3) is 0.444. The van der Waals surface area contributed by atoms with Crippen LogP contribution >= 0.6 is 11.3 Å². The van der Waals surface area contributed by atoms with Crippen molar-refractivity contribution in [3.05, 3.63) is 23.6 Å². The molecule has 25 heavy (non-hydrogen) atoms. The molecule has 4 rings (SSSR count). The highest BCUT2D eigenvalue weighted by Gasteiger charge is 2.25. The van der Waals surface area contributed by atoms with E-state index in [4.69, 9.17) is 9.47 Å². The molecule has 0 radical (unpaired) electrons. The fourth-order valence-corrected chi connectivity index (χ4v) is 3.97. The van der Waals surface area contributed by atoms with Gasteiger partial charge in [-0.2, -0.15) is 0 Å². The van der Waals surface area contributed by atoms with E-state index in [1.165, 1.54) is 11.3 Å². The van der Waals surface area contributed by atoms with Gasteiger partial charge in [-0.05, 0) is 44.5 Å². The van der Waals surface area contributed by atoms with Crippen molar-refractivity contribution in [3.63, 3.8) is 0 Å². The van der Waals surface area contributed by atoms with Gasteiger partial charge in [0.2, 0.25) is 5.91 Å². The molecule has 6 nitrogen and oxygen atoms in total. The van der Waals surface area contributed by atoms with Crippen LogP contribution in [0.15, 0.2) is 23.6 Å². The molecule has 1 aromatic carbocycles. The predicted molar refractivity (Wildman–Crippen MR) is 97.4 cm³/mol. The zero-order valence-electron chi connectivity index (χ0n) is 14.1. The van der Waals surface area contributed by atoms with Crippen molar-refractivity contribution in [1.29, 1.82) is 0 Å². The lowest BCUT2D eigenvalue weighted by atomic mass is 9.92. The molecular formula is C18H21N3O3S. The Hall–Kier alpha value is -2.12. The molecule has 2 N–H and O–H groups in total. The molecule has 2 aromatic rings. The minimum Gasteiger partial charge on any atom is -0.486 e. The number of carbonyl (C=O) groups is 1. The summed E-state index contributed by atoms with van der Waals surface area (Å²) in [7, 11) is 0. The van der Waals surface area contributed by atoms with Crippen molar-refractivity contribution < 1.29 is 14.3 Å². The van der Waals surface area contributed by atoms with Crippen molar-refractivity contribution in [2.45, 2.75) is 25.8 Å². The maximum absolute atomic E-state index is 12.4. The van der Waals surface area contributed by atoms with Crippen LogP contribution in [0.2, 0.25) is 0 Å². The number of hydrogen-bond donors (Lipinski definition) is 2. The van der Waals surface area contributed by atoms with E-state index in [1.54, 1.807) is 0 Å². The zero-order valence-corrected chi connectivity index (χ0v) is 14.9. The SMILES string of the molecule is C[C@H]1C[C@@H](C(=O)Nc2nc(-c3ccc4c(c3)OCCO4)cs2)CCN1. The summed E-state index contributed by atoms with van der Waals surface area (Å²) in [6.45, 7) is 4.14. The molecule has 0 aliphatic carbocycles. The van der Waals surface area contributed by atoms with Crippen LogP contribution in [0.3, 0.4) is 0 Å². The number of thiazole rings is 1. The maximum Gasteiger partial charge on any atom is 0.229 e. The number of fused-ring (bicyclic) bond motifs is 1. The van der Waals surface area contributed by atoms with Gasteiger partial charge in [-0.15, -0.1) is 11.3 Å². The van der Waals surface area contributed by atoms with Crippen LogP contribution in [0.25, 0.3) is 11.3 Å². The lowest BCUT2D eigenvalue weighted by molar-refractivity contribution is -0.120. The molecule has 2 aliphatic rings. The predicted octanol–water partition coefficient (Wildman–Crippen LogP) is 2.91. The van der Waals surface area contributed by atoms with Gasteiger partial charge in [0.05, 0.1) is 5.69 Å². The summed E-state index contributed by atoms with van der Waals surface area (Å²) in [6, 6.07) is 6.18. The van der Waals surface area contributed by atoms with E-state index < -0.39 is 0 Å². The molecule has 1 saturated heterocycles. The van der Waals surface area contributed by atoms with E-state index in [9.17, 15) is 4.79 Å². The van der Waals surface area contributed by atoms with Crippen molar-refractivity contribution in [1.82, 2.24) is 10.3 Å². The van der Waals surface area contributed by atoms with Gasteiger partial charge in [0.1, 0.15) is 13.2 Å². The maximum atomic E-state index is 12.4. The quantitative estimate of drug-likeness (QED) is 0.882. The number of anilines is 1. The molecule has 0 saturated carbocycles. The normalized spacial score (nSPS) is 22.4. The Morgan fingerprint density at radius 1 is 1.32 bits per heavy atom. The van der Waals surface area contributed by atoms with Crippen LogP contribution in [0.1, 0.15) is 19.8 Å². The molecule has 0 spiro atoms. The first kappa shape index (κ1) is 16.4. The Balaban J connectivity index is 1.46. The third-order valence-electron chi connectivity index (χ3n) is 4.57. The van der Waals surface area contributed by atoms with Crippen molar-refractivity contribution >= 4 is 22.4 Å². The highest BCUT2D eigenvalue weighted by atomic mass is 32.1. The largest absolute Gasteiger partial charge is 0.486 e. The minimum absolute atomic E-state index is 0.0536. The van der Waals surface area contributed by atoms with Crippen LogP contribution in [0, 0.1) is 5.92 Å². The fourth-order valence-electron chi connectivity index (χ4n) is 3.24. The minimum atomic E-state index is 0.0536. The first-order valence-electron chi connectivity index (χ1n) is 8.59. The Morgan fingerprint density at radius 3 is 3.00 bits per heavy atom. The van der Waals surface area contributed by atoms with Crippen LogP contribution < -0.4 is 20.1 Å². The molecule has 0 unspecified atom stereocenters. The van der Waals surface area contributed by atoms with E-state index in [1.807, 2.05) is 23.6 Å². The van der Waals surface area contributed by atoms with Gasteiger partial charge in [-0.3, -0.25) is 4.79 Å². The molecule has 0 bridgehead atoms. The molecule has 2 aliphatic heterocycles. The summed E-state index contributed by atoms with van der Waals surface area (Å²) in [5, 5.41) is 8.93. The average Bonchev–Trinajstić information content (AvgIpc) is 3.10. The second kappa shape index (κ2) is 7.01. The van der Waals surface area contributed by atoms with Gasteiger partial charge in [0.15, 0.2) is 16.6 Å². The number of nitrogens with zero attached hydrogens (tertiary/aromatic N) is 1. The topological polar surface area (TPSA) is 72.5 Å². The van der Waals surface area contributed by atoms with Gasteiger partial charge in [-0.1, -0.05) is 0 Å². The Morgan fingerprint density at radius 2 is 2.16 bits per heavy atom. The summed E-state index contributed by atoms with van der Waals surface area (Å²) >= 11 is 1.44. The smallest absolute Gasteiger partial charge is 0.229 e. The Bertz CT molecular complexity index is 777. The standard InChI is InChI=1S/C18H21N3O3S/c1-11-8-13(4-5-19-11)17(22)21-18-20-14(10-25-18)12-2-3-15-16(9-12)24-7-6-23-15/h2-3,9-11,13,19H,4-8H2,1H3,(H,20,21,22)/t11-,13-/m0/s1. The van der Waals surface area contributed by atoms with Crippen molar-refractivity contribution in [2.24, 2.45) is 5.92 Å². The van der Waals surface area contributed by atoms with Gasteiger partial charge in [0, 0.05) is 22.9 Å². The lowest BCUT2D eigenvalue weighted by Gasteiger charge is -2.26. The number of ether oxygens (including phenoxy) is 2. The molecule has 2 atom stereocenters. The molecule has 7 heteroatoms. The second-order valence-corrected chi connectivity index (χ2v) is 7.32. The summed E-state index contributed by atoms with van der Waals surface area (Å²) in [5.74, 6) is 1.62. The summed E-state index contributed by atoms with van der Waals surface area (Å²) in [6.07, 6.45) is 1.74. The third kappa shape index (κ3) is 3.62. The van der Waals surface area contributed by atoms with Crippen LogP contribution in [-0.2, 0) is 4.79 Å². The van der Waals surface area contributed by atoms with E-state index in [2.05, 4.69) is 22.5 Å². The second-order valence-electron chi connectivity index (χ2n) is 6.46. The van der Waals surface area contributed by atoms with Gasteiger partial charge in [0.25, 0.3) is 0 Å². The summed E-state index contributed by atoms with van der Waals surface area (Å²) in [5.41, 5.74) is 1.78. The Kier molecular flexibility index (Phi) is 4.59. The number of hydrogen-bond acceptors (Lipinski definition) is 6. The lowest BCUT2D eigenvalue weighted by Crippen LogP contribution is -2.40. The van der Waals surface area contributed by atoms with Crippen LogP contribution in [0.4, 0.5) is 5.13 Å². The number of amides is 1. The zero-order chi connectivity index (χ0) is 17.2. The molecular weight excluding hydrogens is 338 g/mol. The first-order chi connectivity index (χ1) is 12.2. The van der Waals surface area contributed by atoms with Crippen LogP contribution in [-0.4, -0.2) is 36.7 Å². The number of benzene rings is 1. The number of rotatable bonds is 3. The van der Waals surface area contributed by atoms with E-state index in [0.717, 1.165) is 42.1 Å². The molecule has 3 heterocycles. The van der Waals surface area contributed by atoms with Gasteiger partial charge < -0.3 is 20.1 Å². The highest BCUT2D eigenvalue weighted by molar-refractivity contribution is 7.14. The number of aromatic nitrogens is 1. The monoisotopic (exact) mass is 359 g/mol. The van der Waals surface area contributed by atoms with Crippen LogP contribution in [0.5, 0.6) is 11.5 Å². The highest BCUT2D eigenvalue weighted by Crippen LogP contribution is 2.35. The van der Waals surface area contributed by atoms with Gasteiger partial charge in [-0.25, -0.2) is 4.98 Å². The third-order valence-corrected chi connectivity index (χ3v) is 5.32. The number of piperidine rings is 1. The summed E-state index contributed by atoms with van der Waals surface area (Å²) in [4.78, 5) is 17.0. The number of carbonyl (C=O) groups excluding carboxylic acids is 1. The van der Waals surface area contributed by atoms with E-state index in [-0.39, 0.29) is 11.8 Å². The van der Waals surface area contributed by atoms with E-state index >= 15 is 0 Å². The molecule has 1 amide bonds. The number of nitrogens with one attached hydrogen (secondary N) is 2. The first-order valence-corrected chi connectivity index (χ1v) is 9.47. The van der Waals surface area contributed by atoms with E-state index in [0.29, 0.717) is 24.4 Å². The Labute approximate surface area is 150 Å².